The Labute approximate surface area is 209 Å². The molecule has 0 spiro atoms. The van der Waals surface area contributed by atoms with Gasteiger partial charge in [0.2, 0.25) is 0 Å². The van der Waals surface area contributed by atoms with Crippen molar-refractivity contribution in [1.29, 1.82) is 0 Å². The number of ketones is 1. The molecule has 0 N–H and O–H groups in total. The van der Waals surface area contributed by atoms with E-state index in [0.717, 1.165) is 17.5 Å². The van der Waals surface area contributed by atoms with E-state index in [9.17, 15) is 14.4 Å². The second kappa shape index (κ2) is 16.6. The molecule has 6 heteroatoms. The molecule has 0 saturated heterocycles. The third-order valence-electron chi connectivity index (χ3n) is 5.68. The zero-order chi connectivity index (χ0) is 25.3. The monoisotopic (exact) mass is 482 g/mol. The molecule has 35 heavy (non-hydrogen) atoms. The predicted molar refractivity (Wildman–Crippen MR) is 135 cm³/mol. The first-order chi connectivity index (χ1) is 17.0. The average Bonchev–Trinajstić information content (AvgIpc) is 2.89. The van der Waals surface area contributed by atoms with E-state index in [1.165, 1.54) is 0 Å². The molecule has 2 atom stereocenters. The fourth-order valence-electron chi connectivity index (χ4n) is 3.64. The first-order valence-corrected chi connectivity index (χ1v) is 12.5. The molecule has 0 aliphatic heterocycles. The van der Waals surface area contributed by atoms with Crippen LogP contribution in [0.5, 0.6) is 0 Å². The van der Waals surface area contributed by atoms with Crippen molar-refractivity contribution in [2.24, 2.45) is 5.92 Å². The van der Waals surface area contributed by atoms with Gasteiger partial charge in [0.1, 0.15) is 12.4 Å². The Hall–Kier alpha value is -2.99. The number of hydrogen-bond donors (Lipinski definition) is 0. The summed E-state index contributed by atoms with van der Waals surface area (Å²) in [6.45, 7) is 5.10. The van der Waals surface area contributed by atoms with Gasteiger partial charge in [0.25, 0.3) is 0 Å². The lowest BCUT2D eigenvalue weighted by molar-refractivity contribution is -0.146. The molecule has 2 aromatic rings. The molecular formula is C29H38O6. The Bertz CT molecular complexity index is 881. The fraction of sp³-hybridized carbons (Fsp3) is 0.483. The molecule has 2 rings (SSSR count). The quantitative estimate of drug-likeness (QED) is 0.214. The predicted octanol–water partition coefficient (Wildman–Crippen LogP) is 5.64. The van der Waals surface area contributed by atoms with Crippen molar-refractivity contribution < 1.29 is 28.6 Å². The standard InChI is InChI=1S/C29H38O6/c1-3-28(31)34-21-23(2)20-33-18-17-27(30)16-10-15-26(25-13-8-5-9-14-25)19-29(32)35-22-24-11-6-4-7-12-24/h4-9,11-14,23,26H,3,10,15-22H2,1-2H3/t23-,26?/m0/s1. The number of benzene rings is 2. The Balaban J connectivity index is 1.70. The Kier molecular flexibility index (Phi) is 13.4. The summed E-state index contributed by atoms with van der Waals surface area (Å²) in [4.78, 5) is 36.0. The second-order valence-corrected chi connectivity index (χ2v) is 8.86. The van der Waals surface area contributed by atoms with Crippen LogP contribution in [0.15, 0.2) is 60.7 Å². The van der Waals surface area contributed by atoms with Crippen molar-refractivity contribution in [2.45, 2.75) is 64.9 Å². The van der Waals surface area contributed by atoms with Crippen LogP contribution in [0.3, 0.4) is 0 Å². The van der Waals surface area contributed by atoms with Crippen molar-refractivity contribution in [3.8, 4) is 0 Å². The van der Waals surface area contributed by atoms with Crippen LogP contribution in [0.4, 0.5) is 0 Å². The highest BCUT2D eigenvalue weighted by Crippen LogP contribution is 2.26. The molecule has 0 aliphatic carbocycles. The normalized spacial score (nSPS) is 12.5. The number of hydrogen-bond acceptors (Lipinski definition) is 6. The summed E-state index contributed by atoms with van der Waals surface area (Å²) in [5.41, 5.74) is 2.04. The van der Waals surface area contributed by atoms with Gasteiger partial charge < -0.3 is 14.2 Å². The largest absolute Gasteiger partial charge is 0.465 e. The van der Waals surface area contributed by atoms with Crippen molar-refractivity contribution in [3.05, 3.63) is 71.8 Å². The molecule has 0 heterocycles. The average molecular weight is 483 g/mol. The zero-order valence-corrected chi connectivity index (χ0v) is 20.9. The summed E-state index contributed by atoms with van der Waals surface area (Å²) in [5.74, 6) is -0.205. The Morgan fingerprint density at radius 3 is 2.20 bits per heavy atom. The maximum absolute atomic E-state index is 12.5. The van der Waals surface area contributed by atoms with E-state index in [2.05, 4.69) is 0 Å². The van der Waals surface area contributed by atoms with Gasteiger partial charge >= 0.3 is 11.9 Å². The molecule has 0 fully saturated rings. The van der Waals surface area contributed by atoms with E-state index in [0.29, 0.717) is 45.5 Å². The summed E-state index contributed by atoms with van der Waals surface area (Å²) in [7, 11) is 0. The fourth-order valence-corrected chi connectivity index (χ4v) is 3.64. The van der Waals surface area contributed by atoms with Crippen molar-refractivity contribution in [1.82, 2.24) is 0 Å². The summed E-state index contributed by atoms with van der Waals surface area (Å²) in [5, 5.41) is 0. The van der Waals surface area contributed by atoms with E-state index in [1.807, 2.05) is 67.6 Å². The SMILES string of the molecule is CCC(=O)OC[C@@H](C)COCCC(=O)CCCC(CC(=O)OCc1ccccc1)c1ccccc1. The minimum Gasteiger partial charge on any atom is -0.465 e. The topological polar surface area (TPSA) is 78.9 Å². The lowest BCUT2D eigenvalue weighted by Crippen LogP contribution is -2.17. The van der Waals surface area contributed by atoms with Gasteiger partial charge in [-0.25, -0.2) is 0 Å². The lowest BCUT2D eigenvalue weighted by Gasteiger charge is -2.17. The molecular weight excluding hydrogens is 444 g/mol. The third-order valence-corrected chi connectivity index (χ3v) is 5.68. The number of esters is 2. The summed E-state index contributed by atoms with van der Waals surface area (Å²) in [6, 6.07) is 19.5. The van der Waals surface area contributed by atoms with Gasteiger partial charge in [-0.15, -0.1) is 0 Å². The van der Waals surface area contributed by atoms with Crippen molar-refractivity contribution >= 4 is 17.7 Å². The minimum absolute atomic E-state index is 0.00945. The summed E-state index contributed by atoms with van der Waals surface area (Å²) >= 11 is 0. The van der Waals surface area contributed by atoms with E-state index < -0.39 is 0 Å². The van der Waals surface area contributed by atoms with Gasteiger partial charge in [0.15, 0.2) is 0 Å². The van der Waals surface area contributed by atoms with Crippen molar-refractivity contribution in [2.75, 3.05) is 19.8 Å². The van der Waals surface area contributed by atoms with E-state index >= 15 is 0 Å². The zero-order valence-electron chi connectivity index (χ0n) is 20.9. The molecule has 2 aromatic carbocycles. The van der Waals surface area contributed by atoms with Crippen LogP contribution in [0.25, 0.3) is 0 Å². The Morgan fingerprint density at radius 1 is 0.829 bits per heavy atom. The first-order valence-electron chi connectivity index (χ1n) is 12.5. The van der Waals surface area contributed by atoms with Gasteiger partial charge in [-0.2, -0.15) is 0 Å². The number of Topliss-reactive ketones (excluding diaryl/α,β-unsaturated/α-hetero) is 1. The number of carbonyl (C=O) groups is 3. The lowest BCUT2D eigenvalue weighted by atomic mass is 9.90. The van der Waals surface area contributed by atoms with Crippen LogP contribution in [0, 0.1) is 5.92 Å². The van der Waals surface area contributed by atoms with E-state index in [4.69, 9.17) is 14.2 Å². The van der Waals surface area contributed by atoms with Crippen LogP contribution in [0.1, 0.15) is 69.4 Å². The molecule has 0 aromatic heterocycles. The molecule has 1 unspecified atom stereocenters. The second-order valence-electron chi connectivity index (χ2n) is 8.86. The van der Waals surface area contributed by atoms with Crippen molar-refractivity contribution in [3.63, 3.8) is 0 Å². The van der Waals surface area contributed by atoms with Crippen LogP contribution in [-0.4, -0.2) is 37.5 Å². The third kappa shape index (κ3) is 12.3. The van der Waals surface area contributed by atoms with Crippen LogP contribution >= 0.6 is 0 Å². The first kappa shape index (κ1) is 28.2. The molecule has 0 aliphatic rings. The molecule has 190 valence electrons. The smallest absolute Gasteiger partial charge is 0.306 e. The van der Waals surface area contributed by atoms with E-state index in [-0.39, 0.29) is 42.6 Å². The highest BCUT2D eigenvalue weighted by atomic mass is 16.5. The maximum atomic E-state index is 12.5. The van der Waals surface area contributed by atoms with Gasteiger partial charge in [-0.3, -0.25) is 14.4 Å². The van der Waals surface area contributed by atoms with Crippen LogP contribution < -0.4 is 0 Å². The highest BCUT2D eigenvalue weighted by molar-refractivity contribution is 5.78. The summed E-state index contributed by atoms with van der Waals surface area (Å²) < 4.78 is 16.1. The van der Waals surface area contributed by atoms with Crippen LogP contribution in [0.2, 0.25) is 0 Å². The Morgan fingerprint density at radius 2 is 1.51 bits per heavy atom. The summed E-state index contributed by atoms with van der Waals surface area (Å²) in [6.07, 6.45) is 2.90. The highest BCUT2D eigenvalue weighted by Gasteiger charge is 2.18. The minimum atomic E-state index is -0.235. The molecule has 0 amide bonds. The van der Waals surface area contributed by atoms with Gasteiger partial charge in [0, 0.05) is 25.2 Å². The number of carbonyl (C=O) groups excluding carboxylic acids is 3. The molecule has 0 radical (unpaired) electrons. The number of rotatable bonds is 17. The molecule has 6 nitrogen and oxygen atoms in total. The maximum Gasteiger partial charge on any atom is 0.306 e. The van der Waals surface area contributed by atoms with Crippen LogP contribution in [-0.2, 0) is 35.2 Å². The van der Waals surface area contributed by atoms with Gasteiger partial charge in [0.05, 0.1) is 26.2 Å². The molecule has 0 saturated carbocycles. The van der Waals surface area contributed by atoms with E-state index in [1.54, 1.807) is 6.92 Å². The molecule has 0 bridgehead atoms. The van der Waals surface area contributed by atoms with Gasteiger partial charge in [-0.1, -0.05) is 74.5 Å². The van der Waals surface area contributed by atoms with Gasteiger partial charge in [-0.05, 0) is 29.9 Å². The number of ether oxygens (including phenoxy) is 3.